The van der Waals surface area contributed by atoms with E-state index in [1.807, 2.05) is 0 Å². The first kappa shape index (κ1) is 9.92. The molecule has 1 aliphatic rings. The number of ether oxygens (including phenoxy) is 1. The highest BCUT2D eigenvalue weighted by Gasteiger charge is 2.39. The number of aliphatic hydroxyl groups is 3. The van der Waals surface area contributed by atoms with Crippen LogP contribution in [0, 0.1) is 11.8 Å². The van der Waals surface area contributed by atoms with E-state index in [0.717, 1.165) is 0 Å². The lowest BCUT2D eigenvalue weighted by Gasteiger charge is -2.39. The Morgan fingerprint density at radius 3 is 2.25 bits per heavy atom. The van der Waals surface area contributed by atoms with Gasteiger partial charge < -0.3 is 20.1 Å². The molecular formula is C8H16O4. The first-order valence-electron chi connectivity index (χ1n) is 4.20. The van der Waals surface area contributed by atoms with Crippen molar-refractivity contribution in [2.75, 3.05) is 6.61 Å². The van der Waals surface area contributed by atoms with Crippen molar-refractivity contribution < 1.29 is 20.1 Å². The van der Waals surface area contributed by atoms with E-state index in [4.69, 9.17) is 9.84 Å². The predicted molar refractivity (Wildman–Crippen MR) is 42.3 cm³/mol. The summed E-state index contributed by atoms with van der Waals surface area (Å²) in [6, 6.07) is 0. The molecule has 1 fully saturated rings. The van der Waals surface area contributed by atoms with Crippen molar-refractivity contribution >= 4 is 0 Å². The van der Waals surface area contributed by atoms with E-state index in [1.165, 1.54) is 0 Å². The Morgan fingerprint density at radius 2 is 1.75 bits per heavy atom. The Kier molecular flexibility index (Phi) is 3.06. The first-order valence-corrected chi connectivity index (χ1v) is 4.20. The van der Waals surface area contributed by atoms with Crippen molar-refractivity contribution in [1.29, 1.82) is 0 Å². The van der Waals surface area contributed by atoms with Gasteiger partial charge in [-0.25, -0.2) is 0 Å². The molecule has 12 heavy (non-hydrogen) atoms. The Labute approximate surface area is 71.8 Å². The summed E-state index contributed by atoms with van der Waals surface area (Å²) in [6.45, 7) is 3.36. The molecular weight excluding hydrogens is 160 g/mol. The summed E-state index contributed by atoms with van der Waals surface area (Å²) in [5, 5.41) is 27.7. The van der Waals surface area contributed by atoms with E-state index in [1.54, 1.807) is 13.8 Å². The zero-order valence-electron chi connectivity index (χ0n) is 7.34. The molecule has 1 aliphatic heterocycles. The van der Waals surface area contributed by atoms with Gasteiger partial charge in [0.05, 0.1) is 18.8 Å². The normalized spacial score (nSPS) is 49.2. The molecule has 1 saturated heterocycles. The van der Waals surface area contributed by atoms with Gasteiger partial charge in [-0.2, -0.15) is 0 Å². The van der Waals surface area contributed by atoms with E-state index < -0.39 is 18.5 Å². The Morgan fingerprint density at radius 1 is 1.17 bits per heavy atom. The quantitative estimate of drug-likeness (QED) is 0.495. The van der Waals surface area contributed by atoms with Gasteiger partial charge in [-0.05, 0) is 0 Å². The molecule has 0 radical (unpaired) electrons. The zero-order chi connectivity index (χ0) is 9.30. The first-order chi connectivity index (χ1) is 5.57. The summed E-state index contributed by atoms with van der Waals surface area (Å²) in [7, 11) is 0. The molecule has 72 valence electrons. The fourth-order valence-corrected chi connectivity index (χ4v) is 1.50. The summed E-state index contributed by atoms with van der Waals surface area (Å²) < 4.78 is 5.08. The van der Waals surface area contributed by atoms with Crippen molar-refractivity contribution in [1.82, 2.24) is 0 Å². The number of hydrogen-bond acceptors (Lipinski definition) is 4. The van der Waals surface area contributed by atoms with E-state index in [2.05, 4.69) is 0 Å². The van der Waals surface area contributed by atoms with Gasteiger partial charge in [0, 0.05) is 11.8 Å². The number of aliphatic hydroxyl groups excluding tert-OH is 3. The fraction of sp³-hybridized carbons (Fsp3) is 1.00. The van der Waals surface area contributed by atoms with Gasteiger partial charge in [0.1, 0.15) is 0 Å². The van der Waals surface area contributed by atoms with Crippen molar-refractivity contribution in [2.24, 2.45) is 11.8 Å². The van der Waals surface area contributed by atoms with Crippen LogP contribution in [0.25, 0.3) is 0 Å². The van der Waals surface area contributed by atoms with Crippen LogP contribution in [0.15, 0.2) is 0 Å². The molecule has 0 amide bonds. The summed E-state index contributed by atoms with van der Waals surface area (Å²) in [4.78, 5) is 0. The third-order valence-corrected chi connectivity index (χ3v) is 2.61. The summed E-state index contributed by atoms with van der Waals surface area (Å²) in [5.74, 6) is -0.420. The van der Waals surface area contributed by atoms with Crippen molar-refractivity contribution in [3.05, 3.63) is 0 Å². The zero-order valence-corrected chi connectivity index (χ0v) is 7.34. The highest BCUT2D eigenvalue weighted by molar-refractivity contribution is 4.83. The fourth-order valence-electron chi connectivity index (χ4n) is 1.50. The summed E-state index contributed by atoms with van der Waals surface area (Å²) >= 11 is 0. The van der Waals surface area contributed by atoms with Gasteiger partial charge in [-0.1, -0.05) is 13.8 Å². The monoisotopic (exact) mass is 176 g/mol. The molecule has 0 bridgehead atoms. The van der Waals surface area contributed by atoms with Crippen molar-refractivity contribution in [3.8, 4) is 0 Å². The van der Waals surface area contributed by atoms with Gasteiger partial charge in [-0.3, -0.25) is 0 Å². The van der Waals surface area contributed by atoms with Gasteiger partial charge in [0.15, 0.2) is 6.29 Å². The van der Waals surface area contributed by atoms with E-state index >= 15 is 0 Å². The van der Waals surface area contributed by atoms with Gasteiger partial charge in [-0.15, -0.1) is 0 Å². The van der Waals surface area contributed by atoms with E-state index in [9.17, 15) is 10.2 Å². The lowest BCUT2D eigenvalue weighted by atomic mass is 9.86. The third kappa shape index (κ3) is 1.61. The average molecular weight is 176 g/mol. The van der Waals surface area contributed by atoms with Crippen molar-refractivity contribution in [2.45, 2.75) is 32.3 Å². The lowest BCUT2D eigenvalue weighted by Crippen LogP contribution is -2.50. The highest BCUT2D eigenvalue weighted by Crippen LogP contribution is 2.28. The summed E-state index contributed by atoms with van der Waals surface area (Å²) in [5.41, 5.74) is 0. The van der Waals surface area contributed by atoms with Crippen LogP contribution in [-0.2, 0) is 4.74 Å². The molecule has 3 N–H and O–H groups in total. The minimum Gasteiger partial charge on any atom is -0.394 e. The Balaban J connectivity index is 2.63. The molecule has 0 aromatic heterocycles. The standard InChI is InChI=1S/C8H16O4/c1-4-6(3-9)12-8(11)5(2)7(4)10/h4-11H,3H2,1-2H3/t4-,5?,6?,7?,8-/m1/s1. The lowest BCUT2D eigenvalue weighted by molar-refractivity contribution is -0.248. The number of hydrogen-bond donors (Lipinski definition) is 3. The molecule has 4 nitrogen and oxygen atoms in total. The molecule has 0 spiro atoms. The molecule has 5 atom stereocenters. The van der Waals surface area contributed by atoms with Crippen LogP contribution in [0.1, 0.15) is 13.8 Å². The van der Waals surface area contributed by atoms with Crippen LogP contribution in [0.2, 0.25) is 0 Å². The van der Waals surface area contributed by atoms with Crippen LogP contribution < -0.4 is 0 Å². The van der Waals surface area contributed by atoms with Crippen LogP contribution >= 0.6 is 0 Å². The SMILES string of the molecule is CC1C(O)[C@H](C)C(CO)O[C@H]1O. The molecule has 1 rings (SSSR count). The molecule has 0 aromatic carbocycles. The second-order valence-electron chi connectivity index (χ2n) is 3.46. The Hall–Kier alpha value is -0.160. The average Bonchev–Trinajstić information content (AvgIpc) is 2.08. The molecule has 0 aliphatic carbocycles. The molecule has 1 heterocycles. The number of rotatable bonds is 1. The Bertz CT molecular complexity index is 145. The second kappa shape index (κ2) is 3.70. The van der Waals surface area contributed by atoms with Gasteiger partial charge in [0.25, 0.3) is 0 Å². The smallest absolute Gasteiger partial charge is 0.160 e. The van der Waals surface area contributed by atoms with Crippen LogP contribution in [-0.4, -0.2) is 40.4 Å². The van der Waals surface area contributed by atoms with Gasteiger partial charge >= 0.3 is 0 Å². The summed E-state index contributed by atoms with van der Waals surface area (Å²) in [6.07, 6.45) is -2.02. The molecule has 0 aromatic rings. The van der Waals surface area contributed by atoms with Crippen LogP contribution in [0.5, 0.6) is 0 Å². The molecule has 0 saturated carbocycles. The second-order valence-corrected chi connectivity index (χ2v) is 3.46. The maximum atomic E-state index is 9.57. The van der Waals surface area contributed by atoms with Crippen LogP contribution in [0.4, 0.5) is 0 Å². The van der Waals surface area contributed by atoms with Crippen molar-refractivity contribution in [3.63, 3.8) is 0 Å². The van der Waals surface area contributed by atoms with E-state index in [-0.39, 0.29) is 18.4 Å². The molecule has 3 unspecified atom stereocenters. The largest absolute Gasteiger partial charge is 0.394 e. The third-order valence-electron chi connectivity index (χ3n) is 2.61. The van der Waals surface area contributed by atoms with E-state index in [0.29, 0.717) is 0 Å². The maximum absolute atomic E-state index is 9.57. The molecule has 4 heteroatoms. The topological polar surface area (TPSA) is 69.9 Å². The maximum Gasteiger partial charge on any atom is 0.160 e. The minimum atomic E-state index is -0.964. The van der Waals surface area contributed by atoms with Crippen LogP contribution in [0.3, 0.4) is 0 Å². The predicted octanol–water partition coefficient (Wildman–Crippen LogP) is -0.671. The minimum absolute atomic E-state index is 0.131. The van der Waals surface area contributed by atoms with Gasteiger partial charge in [0.2, 0.25) is 0 Å². The highest BCUT2D eigenvalue weighted by atomic mass is 16.6.